The molecule has 0 aliphatic rings. The molecule has 86 valence electrons. The van der Waals surface area contributed by atoms with Crippen LogP contribution in [-0.2, 0) is 0 Å². The van der Waals surface area contributed by atoms with E-state index in [9.17, 15) is 0 Å². The smallest absolute Gasteiger partial charge is 0.122 e. The third-order valence-electron chi connectivity index (χ3n) is 2.24. The van der Waals surface area contributed by atoms with Crippen molar-refractivity contribution < 1.29 is 9.47 Å². The van der Waals surface area contributed by atoms with Gasteiger partial charge in [0, 0.05) is 12.1 Å². The summed E-state index contributed by atoms with van der Waals surface area (Å²) in [6.07, 6.45) is 0.899. The summed E-state index contributed by atoms with van der Waals surface area (Å²) in [5, 5.41) is 0. The summed E-state index contributed by atoms with van der Waals surface area (Å²) in [4.78, 5) is 0. The zero-order valence-electron chi connectivity index (χ0n) is 9.32. The minimum atomic E-state index is 0. The molecule has 0 saturated heterocycles. The molecule has 3 nitrogen and oxygen atoms in total. The van der Waals surface area contributed by atoms with Crippen LogP contribution in [0.4, 0.5) is 0 Å². The fraction of sp³-hybridized carbons (Fsp3) is 0.455. The molecule has 2 N–H and O–H groups in total. The van der Waals surface area contributed by atoms with E-state index in [0.717, 1.165) is 23.5 Å². The molecule has 4 heteroatoms. The molecule has 1 aromatic rings. The zero-order valence-corrected chi connectivity index (χ0v) is 10.1. The van der Waals surface area contributed by atoms with Crippen molar-refractivity contribution in [2.45, 2.75) is 19.4 Å². The Balaban J connectivity index is 0.00000196. The lowest BCUT2D eigenvalue weighted by molar-refractivity contribution is 0.392. The third kappa shape index (κ3) is 3.61. The fourth-order valence-electron chi connectivity index (χ4n) is 1.28. The Hall–Kier alpha value is -0.930. The lowest BCUT2D eigenvalue weighted by Crippen LogP contribution is -2.08. The molecule has 0 heterocycles. The largest absolute Gasteiger partial charge is 0.497 e. The number of hydrogen-bond donors (Lipinski definition) is 1. The van der Waals surface area contributed by atoms with Gasteiger partial charge in [0.25, 0.3) is 0 Å². The molecule has 1 unspecified atom stereocenters. The first-order chi connectivity index (χ1) is 6.71. The molecule has 0 amide bonds. The van der Waals surface area contributed by atoms with Crippen LogP contribution in [0.15, 0.2) is 18.2 Å². The molecule has 0 aromatic heterocycles. The van der Waals surface area contributed by atoms with Gasteiger partial charge in [-0.3, -0.25) is 0 Å². The average molecular weight is 232 g/mol. The van der Waals surface area contributed by atoms with Crippen molar-refractivity contribution in [1.29, 1.82) is 0 Å². The second kappa shape index (κ2) is 6.53. The van der Waals surface area contributed by atoms with Crippen molar-refractivity contribution in [3.8, 4) is 11.5 Å². The van der Waals surface area contributed by atoms with E-state index in [2.05, 4.69) is 6.92 Å². The van der Waals surface area contributed by atoms with E-state index in [1.54, 1.807) is 14.2 Å². The van der Waals surface area contributed by atoms with Gasteiger partial charge in [-0.1, -0.05) is 6.92 Å². The van der Waals surface area contributed by atoms with Gasteiger partial charge in [0.1, 0.15) is 11.5 Å². The normalized spacial score (nSPS) is 11.5. The van der Waals surface area contributed by atoms with Crippen LogP contribution in [0.2, 0.25) is 0 Å². The van der Waals surface area contributed by atoms with Crippen LogP contribution in [0.1, 0.15) is 24.9 Å². The summed E-state index contributed by atoms with van der Waals surface area (Å²) in [6, 6.07) is 5.76. The van der Waals surface area contributed by atoms with Crippen LogP contribution in [-0.4, -0.2) is 14.2 Å². The lowest BCUT2D eigenvalue weighted by Gasteiger charge is -2.12. The van der Waals surface area contributed by atoms with Crippen molar-refractivity contribution >= 4 is 12.4 Å². The van der Waals surface area contributed by atoms with Gasteiger partial charge in [0.05, 0.1) is 14.2 Å². The fourth-order valence-corrected chi connectivity index (χ4v) is 1.28. The summed E-state index contributed by atoms with van der Waals surface area (Å²) < 4.78 is 10.3. The van der Waals surface area contributed by atoms with Gasteiger partial charge in [0.2, 0.25) is 0 Å². The Labute approximate surface area is 97.0 Å². The third-order valence-corrected chi connectivity index (χ3v) is 2.24. The molecule has 1 atom stereocenters. The second-order valence-corrected chi connectivity index (χ2v) is 3.16. The first-order valence-electron chi connectivity index (χ1n) is 4.69. The van der Waals surface area contributed by atoms with Crippen molar-refractivity contribution in [2.75, 3.05) is 14.2 Å². The Morgan fingerprint density at radius 3 is 1.93 bits per heavy atom. The molecule has 0 fully saturated rings. The highest BCUT2D eigenvalue weighted by Gasteiger charge is 2.07. The highest BCUT2D eigenvalue weighted by molar-refractivity contribution is 5.85. The maximum atomic E-state index is 5.93. The Bertz CT molecular complexity index is 282. The SMILES string of the molecule is CCC(N)c1cc(OC)cc(OC)c1.Cl. The van der Waals surface area contributed by atoms with E-state index in [1.807, 2.05) is 18.2 Å². The summed E-state index contributed by atoms with van der Waals surface area (Å²) >= 11 is 0. The van der Waals surface area contributed by atoms with Crippen molar-refractivity contribution in [1.82, 2.24) is 0 Å². The van der Waals surface area contributed by atoms with Gasteiger partial charge >= 0.3 is 0 Å². The van der Waals surface area contributed by atoms with Crippen molar-refractivity contribution in [3.63, 3.8) is 0 Å². The molecule has 1 rings (SSSR count). The predicted octanol–water partition coefficient (Wildman–Crippen LogP) is 2.54. The first kappa shape index (κ1) is 14.1. The van der Waals surface area contributed by atoms with E-state index in [1.165, 1.54) is 0 Å². The van der Waals surface area contributed by atoms with Crippen LogP contribution < -0.4 is 15.2 Å². The molecule has 15 heavy (non-hydrogen) atoms. The van der Waals surface area contributed by atoms with Crippen LogP contribution in [0.3, 0.4) is 0 Å². The second-order valence-electron chi connectivity index (χ2n) is 3.16. The first-order valence-corrected chi connectivity index (χ1v) is 4.69. The van der Waals surface area contributed by atoms with Gasteiger partial charge in [-0.15, -0.1) is 12.4 Å². The number of halogens is 1. The van der Waals surface area contributed by atoms with E-state index in [-0.39, 0.29) is 18.4 Å². The molecule has 0 saturated carbocycles. The number of benzene rings is 1. The summed E-state index contributed by atoms with van der Waals surface area (Å²) in [5.74, 6) is 1.56. The van der Waals surface area contributed by atoms with Crippen LogP contribution in [0.5, 0.6) is 11.5 Å². The van der Waals surface area contributed by atoms with Gasteiger partial charge in [-0.2, -0.15) is 0 Å². The van der Waals surface area contributed by atoms with E-state index < -0.39 is 0 Å². The Morgan fingerprint density at radius 2 is 1.60 bits per heavy atom. The van der Waals surface area contributed by atoms with E-state index >= 15 is 0 Å². The summed E-state index contributed by atoms with van der Waals surface area (Å²) in [7, 11) is 3.27. The molecular weight excluding hydrogens is 214 g/mol. The number of hydrogen-bond acceptors (Lipinski definition) is 3. The van der Waals surface area contributed by atoms with E-state index in [4.69, 9.17) is 15.2 Å². The number of nitrogens with two attached hydrogens (primary N) is 1. The molecule has 0 spiro atoms. The molecule has 1 aromatic carbocycles. The van der Waals surface area contributed by atoms with Gasteiger partial charge in [-0.25, -0.2) is 0 Å². The van der Waals surface area contributed by atoms with Crippen molar-refractivity contribution in [2.24, 2.45) is 5.73 Å². The van der Waals surface area contributed by atoms with Crippen LogP contribution >= 0.6 is 12.4 Å². The maximum Gasteiger partial charge on any atom is 0.122 e. The minimum absolute atomic E-state index is 0. The molecule has 0 bridgehead atoms. The van der Waals surface area contributed by atoms with E-state index in [0.29, 0.717) is 0 Å². The quantitative estimate of drug-likeness (QED) is 0.866. The average Bonchev–Trinajstić information content (AvgIpc) is 2.27. The Morgan fingerprint density at radius 1 is 1.13 bits per heavy atom. The number of ether oxygens (including phenoxy) is 2. The van der Waals surface area contributed by atoms with Crippen LogP contribution in [0, 0.1) is 0 Å². The lowest BCUT2D eigenvalue weighted by atomic mass is 10.0. The standard InChI is InChI=1S/C11H17NO2.ClH/c1-4-11(12)8-5-9(13-2)7-10(6-8)14-3;/h5-7,11H,4,12H2,1-3H3;1H. The maximum absolute atomic E-state index is 5.93. The number of rotatable bonds is 4. The van der Waals surface area contributed by atoms with Crippen LogP contribution in [0.25, 0.3) is 0 Å². The predicted molar refractivity (Wildman–Crippen MR) is 64.0 cm³/mol. The monoisotopic (exact) mass is 231 g/mol. The molecular formula is C11H18ClNO2. The highest BCUT2D eigenvalue weighted by atomic mass is 35.5. The molecule has 0 radical (unpaired) electrons. The summed E-state index contributed by atoms with van der Waals surface area (Å²) in [5.41, 5.74) is 6.98. The highest BCUT2D eigenvalue weighted by Crippen LogP contribution is 2.26. The van der Waals surface area contributed by atoms with Gasteiger partial charge in [0.15, 0.2) is 0 Å². The zero-order chi connectivity index (χ0) is 10.6. The molecule has 0 aliphatic carbocycles. The minimum Gasteiger partial charge on any atom is -0.497 e. The topological polar surface area (TPSA) is 44.5 Å². The summed E-state index contributed by atoms with van der Waals surface area (Å²) in [6.45, 7) is 2.05. The van der Waals surface area contributed by atoms with Gasteiger partial charge < -0.3 is 15.2 Å². The Kier molecular flexibility index (Phi) is 6.13. The van der Waals surface area contributed by atoms with Crippen molar-refractivity contribution in [3.05, 3.63) is 23.8 Å². The van der Waals surface area contributed by atoms with Gasteiger partial charge in [-0.05, 0) is 24.1 Å². The number of methoxy groups -OCH3 is 2. The molecule has 0 aliphatic heterocycles.